The minimum Gasteiger partial charge on any atom is -0.367 e. The van der Waals surface area contributed by atoms with E-state index >= 15 is 0 Å². The number of rotatable bonds is 3. The number of H-pyrrole nitrogens is 1. The second kappa shape index (κ2) is 5.52. The Kier molecular flexibility index (Phi) is 3.50. The molecule has 6 heteroatoms. The molecule has 5 nitrogen and oxygen atoms in total. The SMILES string of the molecule is Cc1nc(CN2C[C@@H]3CN(C(=O)c4cc[nH]c4)C[C@H]3C2)cs1. The van der Waals surface area contributed by atoms with Crippen LogP contribution in [-0.2, 0) is 6.54 Å². The van der Waals surface area contributed by atoms with Crippen LogP contribution in [0.4, 0.5) is 0 Å². The Hall–Kier alpha value is -1.66. The summed E-state index contributed by atoms with van der Waals surface area (Å²) in [6, 6.07) is 1.85. The van der Waals surface area contributed by atoms with Crippen LogP contribution in [0.1, 0.15) is 21.1 Å². The molecule has 0 aromatic carbocycles. The molecule has 2 fully saturated rings. The summed E-state index contributed by atoms with van der Waals surface area (Å²) in [7, 11) is 0. The first-order valence-electron chi connectivity index (χ1n) is 7.74. The molecule has 0 unspecified atom stereocenters. The van der Waals surface area contributed by atoms with Crippen molar-refractivity contribution in [2.45, 2.75) is 13.5 Å². The Labute approximate surface area is 134 Å². The Morgan fingerprint density at radius 3 is 2.73 bits per heavy atom. The molecule has 0 spiro atoms. The van der Waals surface area contributed by atoms with Gasteiger partial charge in [0, 0.05) is 50.5 Å². The molecule has 4 rings (SSSR count). The molecule has 0 saturated carbocycles. The van der Waals surface area contributed by atoms with Crippen LogP contribution in [0.5, 0.6) is 0 Å². The lowest BCUT2D eigenvalue weighted by atomic mass is 10.0. The van der Waals surface area contributed by atoms with Crippen LogP contribution in [-0.4, -0.2) is 51.9 Å². The zero-order valence-electron chi connectivity index (χ0n) is 12.7. The standard InChI is InChI=1S/C16H20N4OS/c1-11-18-15(10-22-11)9-19-5-13-7-20(8-14(13)6-19)16(21)12-2-3-17-4-12/h2-4,10,13-14,17H,5-9H2,1H3/t13-,14-/m1/s1. The normalized spacial score (nSPS) is 24.9. The number of likely N-dealkylation sites (tertiary alicyclic amines) is 2. The van der Waals surface area contributed by atoms with Crippen molar-refractivity contribution in [3.63, 3.8) is 0 Å². The molecule has 116 valence electrons. The van der Waals surface area contributed by atoms with Crippen LogP contribution in [0.25, 0.3) is 0 Å². The van der Waals surface area contributed by atoms with Gasteiger partial charge in [-0.05, 0) is 24.8 Å². The third kappa shape index (κ3) is 2.57. The molecule has 2 aliphatic heterocycles. The number of amides is 1. The molecule has 2 aromatic heterocycles. The summed E-state index contributed by atoms with van der Waals surface area (Å²) in [5.41, 5.74) is 1.96. The van der Waals surface area contributed by atoms with Crippen molar-refractivity contribution >= 4 is 17.2 Å². The van der Waals surface area contributed by atoms with Crippen molar-refractivity contribution in [3.8, 4) is 0 Å². The van der Waals surface area contributed by atoms with Crippen molar-refractivity contribution in [2.75, 3.05) is 26.2 Å². The van der Waals surface area contributed by atoms with E-state index in [1.165, 1.54) is 5.69 Å². The number of aromatic amines is 1. The monoisotopic (exact) mass is 316 g/mol. The second-order valence-electron chi connectivity index (χ2n) is 6.38. The predicted molar refractivity (Wildman–Crippen MR) is 85.8 cm³/mol. The third-order valence-corrected chi connectivity index (χ3v) is 5.57. The molecule has 2 aliphatic rings. The Morgan fingerprint density at radius 2 is 2.14 bits per heavy atom. The van der Waals surface area contributed by atoms with E-state index in [0.29, 0.717) is 11.8 Å². The molecule has 0 bridgehead atoms. The zero-order valence-corrected chi connectivity index (χ0v) is 13.5. The fourth-order valence-corrected chi connectivity index (χ4v) is 4.34. The second-order valence-corrected chi connectivity index (χ2v) is 7.44. The Morgan fingerprint density at radius 1 is 1.36 bits per heavy atom. The van der Waals surface area contributed by atoms with Gasteiger partial charge in [0.1, 0.15) is 0 Å². The number of thiazole rings is 1. The van der Waals surface area contributed by atoms with Crippen molar-refractivity contribution in [1.82, 2.24) is 19.8 Å². The van der Waals surface area contributed by atoms with Gasteiger partial charge in [-0.15, -0.1) is 11.3 Å². The number of fused-ring (bicyclic) bond motifs is 1. The molecule has 2 aromatic rings. The van der Waals surface area contributed by atoms with Gasteiger partial charge in [0.25, 0.3) is 5.91 Å². The zero-order chi connectivity index (χ0) is 15.1. The molecular weight excluding hydrogens is 296 g/mol. The quantitative estimate of drug-likeness (QED) is 0.942. The molecule has 0 aliphatic carbocycles. The fraction of sp³-hybridized carbons (Fsp3) is 0.500. The van der Waals surface area contributed by atoms with Crippen LogP contribution in [0.3, 0.4) is 0 Å². The molecule has 2 atom stereocenters. The highest BCUT2D eigenvalue weighted by atomic mass is 32.1. The lowest BCUT2D eigenvalue weighted by molar-refractivity contribution is 0.0773. The van der Waals surface area contributed by atoms with E-state index in [9.17, 15) is 4.79 Å². The first-order valence-corrected chi connectivity index (χ1v) is 8.62. The van der Waals surface area contributed by atoms with Gasteiger partial charge in [0.15, 0.2) is 0 Å². The minimum absolute atomic E-state index is 0.164. The first-order chi connectivity index (χ1) is 10.7. The van der Waals surface area contributed by atoms with Crippen molar-refractivity contribution < 1.29 is 4.79 Å². The molecule has 4 heterocycles. The van der Waals surface area contributed by atoms with Crippen molar-refractivity contribution in [1.29, 1.82) is 0 Å². The number of carbonyl (C=O) groups excluding carboxylic acids is 1. The maximum atomic E-state index is 12.4. The van der Waals surface area contributed by atoms with Gasteiger partial charge in [0.2, 0.25) is 0 Å². The predicted octanol–water partition coefficient (Wildman–Crippen LogP) is 1.98. The number of hydrogen-bond acceptors (Lipinski definition) is 4. The van der Waals surface area contributed by atoms with Gasteiger partial charge in [-0.2, -0.15) is 0 Å². The highest BCUT2D eigenvalue weighted by Crippen LogP contribution is 2.32. The third-order valence-electron chi connectivity index (χ3n) is 4.75. The molecule has 22 heavy (non-hydrogen) atoms. The van der Waals surface area contributed by atoms with Crippen LogP contribution in [0.2, 0.25) is 0 Å². The summed E-state index contributed by atoms with van der Waals surface area (Å²) in [6.07, 6.45) is 3.59. The fourth-order valence-electron chi connectivity index (χ4n) is 3.73. The maximum absolute atomic E-state index is 12.4. The van der Waals surface area contributed by atoms with Crippen LogP contribution < -0.4 is 0 Å². The van der Waals surface area contributed by atoms with E-state index in [1.54, 1.807) is 17.5 Å². The molecule has 1 N–H and O–H groups in total. The number of aryl methyl sites for hydroxylation is 1. The van der Waals surface area contributed by atoms with Gasteiger partial charge >= 0.3 is 0 Å². The molecule has 2 saturated heterocycles. The number of aromatic nitrogens is 2. The number of hydrogen-bond donors (Lipinski definition) is 1. The Balaban J connectivity index is 1.35. The largest absolute Gasteiger partial charge is 0.367 e. The van der Waals surface area contributed by atoms with E-state index in [1.807, 2.05) is 17.2 Å². The van der Waals surface area contributed by atoms with Crippen LogP contribution >= 0.6 is 11.3 Å². The van der Waals surface area contributed by atoms with Gasteiger partial charge in [0.05, 0.1) is 16.3 Å². The summed E-state index contributed by atoms with van der Waals surface area (Å²) >= 11 is 1.72. The Bertz CT molecular complexity index is 652. The van der Waals surface area contributed by atoms with Gasteiger partial charge in [-0.3, -0.25) is 9.69 Å². The van der Waals surface area contributed by atoms with Crippen molar-refractivity contribution in [3.05, 3.63) is 40.1 Å². The van der Waals surface area contributed by atoms with E-state index in [2.05, 4.69) is 27.2 Å². The van der Waals surface area contributed by atoms with Crippen molar-refractivity contribution in [2.24, 2.45) is 11.8 Å². The van der Waals surface area contributed by atoms with E-state index in [-0.39, 0.29) is 5.91 Å². The van der Waals surface area contributed by atoms with E-state index in [0.717, 1.165) is 43.3 Å². The number of nitrogens with one attached hydrogen (secondary N) is 1. The van der Waals surface area contributed by atoms with Crippen LogP contribution in [0.15, 0.2) is 23.8 Å². The highest BCUT2D eigenvalue weighted by molar-refractivity contribution is 7.09. The molecule has 0 radical (unpaired) electrons. The van der Waals surface area contributed by atoms with Gasteiger partial charge in [-0.25, -0.2) is 4.98 Å². The van der Waals surface area contributed by atoms with Gasteiger partial charge in [-0.1, -0.05) is 0 Å². The highest BCUT2D eigenvalue weighted by Gasteiger charge is 2.41. The summed E-state index contributed by atoms with van der Waals surface area (Å²) < 4.78 is 0. The van der Waals surface area contributed by atoms with Crippen LogP contribution in [0, 0.1) is 18.8 Å². The average Bonchev–Trinajstić information content (AvgIpc) is 3.21. The summed E-state index contributed by atoms with van der Waals surface area (Å²) in [5.74, 6) is 1.39. The number of nitrogens with zero attached hydrogens (tertiary/aromatic N) is 3. The lowest BCUT2D eigenvalue weighted by Gasteiger charge is -2.20. The smallest absolute Gasteiger partial charge is 0.255 e. The average molecular weight is 316 g/mol. The summed E-state index contributed by atoms with van der Waals surface area (Å²) in [6.45, 7) is 6.94. The van der Waals surface area contributed by atoms with E-state index in [4.69, 9.17) is 0 Å². The molecular formula is C16H20N4OS. The van der Waals surface area contributed by atoms with Gasteiger partial charge < -0.3 is 9.88 Å². The lowest BCUT2D eigenvalue weighted by Crippen LogP contribution is -2.33. The summed E-state index contributed by atoms with van der Waals surface area (Å²) in [5, 5.41) is 3.29. The summed E-state index contributed by atoms with van der Waals surface area (Å²) in [4.78, 5) is 24.4. The first kappa shape index (κ1) is 14.0. The molecule has 1 amide bonds. The maximum Gasteiger partial charge on any atom is 0.255 e. The minimum atomic E-state index is 0.164. The number of carbonyl (C=O) groups is 1. The topological polar surface area (TPSA) is 52.2 Å². The van der Waals surface area contributed by atoms with E-state index < -0.39 is 0 Å².